The van der Waals surface area contributed by atoms with Crippen LogP contribution in [0.1, 0.15) is 42.0 Å². The van der Waals surface area contributed by atoms with E-state index in [-0.39, 0.29) is 5.91 Å². The number of carbonyl (C=O) groups is 1. The molecular weight excluding hydrogens is 354 g/mol. The molecule has 0 bridgehead atoms. The first-order valence-corrected chi connectivity index (χ1v) is 9.69. The number of methoxy groups -OCH3 is 1. The predicted octanol–water partition coefficient (Wildman–Crippen LogP) is 3.32. The van der Waals surface area contributed by atoms with Crippen molar-refractivity contribution < 1.29 is 9.53 Å². The van der Waals surface area contributed by atoms with Gasteiger partial charge in [0.25, 0.3) is 5.91 Å². The fraction of sp³-hybridized carbons (Fsp3) is 0.381. The molecule has 7 heteroatoms. The number of H-pyrrole nitrogens is 1. The largest absolute Gasteiger partial charge is 0.497 e. The first kappa shape index (κ1) is 18.3. The first-order valence-electron chi connectivity index (χ1n) is 9.69. The van der Waals surface area contributed by atoms with Crippen molar-refractivity contribution in [1.29, 1.82) is 0 Å². The van der Waals surface area contributed by atoms with E-state index in [0.717, 1.165) is 55.3 Å². The molecule has 2 aromatic heterocycles. The number of nitrogens with one attached hydrogen (secondary N) is 1. The second kappa shape index (κ2) is 7.88. The number of aromatic nitrogens is 4. The summed E-state index contributed by atoms with van der Waals surface area (Å²) in [5, 5.41) is 7.21. The maximum atomic E-state index is 12.9. The average molecular weight is 379 g/mol. The summed E-state index contributed by atoms with van der Waals surface area (Å²) in [5.74, 6) is 2.31. The molecule has 0 aliphatic carbocycles. The Bertz CT molecular complexity index is 953. The highest BCUT2D eigenvalue weighted by molar-refractivity contribution is 5.93. The SMILES string of the molecule is CCn1ccnc1C1CCN(C(=O)c2cc(-c3cccc(OC)c3)n[nH]2)CC1. The summed E-state index contributed by atoms with van der Waals surface area (Å²) in [7, 11) is 1.63. The number of hydrogen-bond acceptors (Lipinski definition) is 4. The number of aromatic amines is 1. The first-order chi connectivity index (χ1) is 13.7. The fourth-order valence-corrected chi connectivity index (χ4v) is 3.82. The number of likely N-dealkylation sites (tertiary alicyclic amines) is 1. The third kappa shape index (κ3) is 3.52. The van der Waals surface area contributed by atoms with Gasteiger partial charge in [0, 0.05) is 43.5 Å². The van der Waals surface area contributed by atoms with Gasteiger partial charge in [0.2, 0.25) is 0 Å². The van der Waals surface area contributed by atoms with Gasteiger partial charge in [0.05, 0.1) is 12.8 Å². The Kier molecular flexibility index (Phi) is 5.14. The quantitative estimate of drug-likeness (QED) is 0.738. The maximum absolute atomic E-state index is 12.9. The van der Waals surface area contributed by atoms with Crippen LogP contribution in [-0.4, -0.2) is 50.8 Å². The van der Waals surface area contributed by atoms with Crippen LogP contribution in [0.3, 0.4) is 0 Å². The highest BCUT2D eigenvalue weighted by Crippen LogP contribution is 2.28. The number of benzene rings is 1. The van der Waals surface area contributed by atoms with Gasteiger partial charge in [-0.05, 0) is 38.0 Å². The van der Waals surface area contributed by atoms with Crippen molar-refractivity contribution in [3.8, 4) is 17.0 Å². The zero-order valence-corrected chi connectivity index (χ0v) is 16.3. The summed E-state index contributed by atoms with van der Waals surface area (Å²) < 4.78 is 7.45. The van der Waals surface area contributed by atoms with E-state index < -0.39 is 0 Å². The number of amides is 1. The summed E-state index contributed by atoms with van der Waals surface area (Å²) in [6.07, 6.45) is 5.75. The molecule has 28 heavy (non-hydrogen) atoms. The van der Waals surface area contributed by atoms with E-state index in [9.17, 15) is 4.79 Å². The predicted molar refractivity (Wildman–Crippen MR) is 106 cm³/mol. The number of hydrogen-bond donors (Lipinski definition) is 1. The van der Waals surface area contributed by atoms with Crippen LogP contribution >= 0.6 is 0 Å². The molecule has 1 aliphatic heterocycles. The molecule has 4 rings (SSSR count). The number of aryl methyl sites for hydroxylation is 1. The van der Waals surface area contributed by atoms with E-state index in [1.165, 1.54) is 0 Å². The third-order valence-corrected chi connectivity index (χ3v) is 5.41. The molecule has 1 fully saturated rings. The van der Waals surface area contributed by atoms with E-state index in [1.54, 1.807) is 7.11 Å². The minimum Gasteiger partial charge on any atom is -0.497 e. The van der Waals surface area contributed by atoms with E-state index >= 15 is 0 Å². The van der Waals surface area contributed by atoms with Gasteiger partial charge in [-0.2, -0.15) is 5.10 Å². The number of rotatable bonds is 5. The fourth-order valence-electron chi connectivity index (χ4n) is 3.82. The van der Waals surface area contributed by atoms with Gasteiger partial charge in [-0.25, -0.2) is 4.98 Å². The molecule has 1 aromatic carbocycles. The van der Waals surface area contributed by atoms with Crippen molar-refractivity contribution in [1.82, 2.24) is 24.6 Å². The highest BCUT2D eigenvalue weighted by Gasteiger charge is 2.27. The summed E-state index contributed by atoms with van der Waals surface area (Å²) in [4.78, 5) is 19.3. The summed E-state index contributed by atoms with van der Waals surface area (Å²) >= 11 is 0. The average Bonchev–Trinajstić information content (AvgIpc) is 3.43. The molecule has 0 saturated carbocycles. The van der Waals surface area contributed by atoms with Crippen LogP contribution in [-0.2, 0) is 6.54 Å². The second-order valence-corrected chi connectivity index (χ2v) is 7.04. The number of nitrogens with zero attached hydrogens (tertiary/aromatic N) is 4. The summed E-state index contributed by atoms with van der Waals surface area (Å²) in [5.41, 5.74) is 2.17. The zero-order chi connectivity index (χ0) is 19.5. The molecular formula is C21H25N5O2. The lowest BCUT2D eigenvalue weighted by Gasteiger charge is -2.31. The standard InChI is InChI=1S/C21H25N5O2/c1-3-25-12-9-22-20(25)15-7-10-26(11-8-15)21(27)19-14-18(23-24-19)16-5-4-6-17(13-16)28-2/h4-6,9,12-15H,3,7-8,10-11H2,1-2H3,(H,23,24). The van der Waals surface area contributed by atoms with Crippen molar-refractivity contribution in [2.45, 2.75) is 32.2 Å². The Morgan fingerprint density at radius 1 is 1.29 bits per heavy atom. The second-order valence-electron chi connectivity index (χ2n) is 7.04. The smallest absolute Gasteiger partial charge is 0.271 e. The highest BCUT2D eigenvalue weighted by atomic mass is 16.5. The van der Waals surface area contributed by atoms with Gasteiger partial charge in [0.1, 0.15) is 17.3 Å². The van der Waals surface area contributed by atoms with E-state index in [0.29, 0.717) is 11.6 Å². The molecule has 0 atom stereocenters. The third-order valence-electron chi connectivity index (χ3n) is 5.41. The van der Waals surface area contributed by atoms with Crippen LogP contribution in [0.25, 0.3) is 11.3 Å². The zero-order valence-electron chi connectivity index (χ0n) is 16.3. The van der Waals surface area contributed by atoms with Gasteiger partial charge in [-0.15, -0.1) is 0 Å². The Morgan fingerprint density at radius 2 is 2.11 bits per heavy atom. The molecule has 1 amide bonds. The van der Waals surface area contributed by atoms with Crippen molar-refractivity contribution in [3.63, 3.8) is 0 Å². The van der Waals surface area contributed by atoms with Crippen molar-refractivity contribution in [2.24, 2.45) is 0 Å². The van der Waals surface area contributed by atoms with Crippen molar-refractivity contribution in [2.75, 3.05) is 20.2 Å². The monoisotopic (exact) mass is 379 g/mol. The van der Waals surface area contributed by atoms with Crippen LogP contribution in [0.15, 0.2) is 42.7 Å². The van der Waals surface area contributed by atoms with Gasteiger partial charge in [-0.1, -0.05) is 12.1 Å². The van der Waals surface area contributed by atoms with Crippen molar-refractivity contribution in [3.05, 3.63) is 54.2 Å². The van der Waals surface area contributed by atoms with E-state index in [1.807, 2.05) is 47.6 Å². The molecule has 146 valence electrons. The van der Waals surface area contributed by atoms with Crippen LogP contribution in [0.4, 0.5) is 0 Å². The van der Waals surface area contributed by atoms with Crippen molar-refractivity contribution >= 4 is 5.91 Å². The van der Waals surface area contributed by atoms with Gasteiger partial charge in [-0.3, -0.25) is 9.89 Å². The molecule has 0 radical (unpaired) electrons. The van der Waals surface area contributed by atoms with E-state index in [2.05, 4.69) is 26.7 Å². The lowest BCUT2D eigenvalue weighted by molar-refractivity contribution is 0.0704. The number of piperidine rings is 1. The Hall–Kier alpha value is -3.09. The molecule has 1 N–H and O–H groups in total. The molecule has 1 aliphatic rings. The van der Waals surface area contributed by atoms with Gasteiger partial charge >= 0.3 is 0 Å². The summed E-state index contributed by atoms with van der Waals surface area (Å²) in [6.45, 7) is 4.51. The van der Waals surface area contributed by atoms with E-state index in [4.69, 9.17) is 4.74 Å². The minimum atomic E-state index is -0.000991. The van der Waals surface area contributed by atoms with Crippen LogP contribution in [0.5, 0.6) is 5.75 Å². The van der Waals surface area contributed by atoms with Gasteiger partial charge in [0.15, 0.2) is 0 Å². The molecule has 0 spiro atoms. The minimum absolute atomic E-state index is 0.000991. The lowest BCUT2D eigenvalue weighted by atomic mass is 9.95. The molecule has 3 aromatic rings. The maximum Gasteiger partial charge on any atom is 0.271 e. The lowest BCUT2D eigenvalue weighted by Crippen LogP contribution is -2.38. The number of ether oxygens (including phenoxy) is 1. The molecule has 3 heterocycles. The molecule has 0 unspecified atom stereocenters. The van der Waals surface area contributed by atoms with Crippen LogP contribution in [0, 0.1) is 0 Å². The number of imidazole rings is 1. The van der Waals surface area contributed by atoms with Crippen LogP contribution < -0.4 is 4.74 Å². The summed E-state index contributed by atoms with van der Waals surface area (Å²) in [6, 6.07) is 9.47. The Labute approximate surface area is 164 Å². The molecule has 7 nitrogen and oxygen atoms in total. The normalized spacial score (nSPS) is 15.0. The Morgan fingerprint density at radius 3 is 2.86 bits per heavy atom. The molecule has 1 saturated heterocycles. The number of carbonyl (C=O) groups excluding carboxylic acids is 1. The Balaban J connectivity index is 1.42. The topological polar surface area (TPSA) is 76.0 Å². The van der Waals surface area contributed by atoms with Crippen LogP contribution in [0.2, 0.25) is 0 Å². The van der Waals surface area contributed by atoms with Gasteiger partial charge < -0.3 is 14.2 Å².